The summed E-state index contributed by atoms with van der Waals surface area (Å²) in [5, 5.41) is 14.8. The molecule has 0 unspecified atom stereocenters. The number of sulfonamides is 1. The summed E-state index contributed by atoms with van der Waals surface area (Å²) in [6.07, 6.45) is 0. The number of rotatable bonds is 4. The molecule has 0 atom stereocenters. The normalized spacial score (nSPS) is 11.2. The van der Waals surface area contributed by atoms with E-state index in [2.05, 4.69) is 9.82 Å². The molecule has 0 bridgehead atoms. The first-order valence-electron chi connectivity index (χ1n) is 6.46. The summed E-state index contributed by atoms with van der Waals surface area (Å²) >= 11 is 1.04. The van der Waals surface area contributed by atoms with E-state index in [1.54, 1.807) is 50.7 Å². The zero-order valence-corrected chi connectivity index (χ0v) is 14.3. The number of aromatic nitrogens is 2. The lowest BCUT2D eigenvalue weighted by Gasteiger charge is -2.11. The van der Waals surface area contributed by atoms with Gasteiger partial charge >= 0.3 is 0 Å². The first-order chi connectivity index (χ1) is 10.3. The zero-order chi connectivity index (χ0) is 16.5. The van der Waals surface area contributed by atoms with Gasteiger partial charge in [-0.2, -0.15) is 10.4 Å². The number of hydrogen-bond donors (Lipinski definition) is 1. The van der Waals surface area contributed by atoms with Crippen molar-refractivity contribution in [1.82, 2.24) is 9.78 Å². The molecule has 1 aromatic carbocycles. The monoisotopic (exact) mass is 336 g/mol. The van der Waals surface area contributed by atoms with Crippen molar-refractivity contribution in [3.63, 3.8) is 0 Å². The minimum Gasteiger partial charge on any atom is -0.279 e. The van der Waals surface area contributed by atoms with Crippen LogP contribution >= 0.6 is 11.8 Å². The molecule has 0 fully saturated rings. The van der Waals surface area contributed by atoms with Crippen molar-refractivity contribution in [2.45, 2.75) is 30.6 Å². The largest absolute Gasteiger partial charge is 0.279 e. The Morgan fingerprint density at radius 2 is 2.00 bits per heavy atom. The summed E-state index contributed by atoms with van der Waals surface area (Å²) in [7, 11) is -2.00. The number of thioether (sulfide) groups is 1. The van der Waals surface area contributed by atoms with E-state index in [0.717, 1.165) is 22.2 Å². The average molecular weight is 336 g/mol. The Morgan fingerprint density at radius 3 is 2.50 bits per heavy atom. The zero-order valence-electron chi connectivity index (χ0n) is 12.7. The molecule has 0 amide bonds. The van der Waals surface area contributed by atoms with Crippen molar-refractivity contribution in [2.75, 3.05) is 4.72 Å². The molecule has 8 heteroatoms. The quantitative estimate of drug-likeness (QED) is 0.685. The maximum atomic E-state index is 12.6. The second-order valence-corrected chi connectivity index (χ2v) is 7.38. The highest BCUT2D eigenvalue weighted by molar-refractivity contribution is 8.03. The number of aryl methyl sites for hydroxylation is 3. The van der Waals surface area contributed by atoms with E-state index in [-0.39, 0.29) is 4.90 Å². The topological polar surface area (TPSA) is 87.8 Å². The van der Waals surface area contributed by atoms with Gasteiger partial charge < -0.3 is 0 Å². The lowest BCUT2D eigenvalue weighted by atomic mass is 10.2. The summed E-state index contributed by atoms with van der Waals surface area (Å²) in [6.45, 7) is 5.18. The van der Waals surface area contributed by atoms with E-state index in [1.807, 2.05) is 5.40 Å². The molecule has 6 nitrogen and oxygen atoms in total. The standard InChI is InChI=1S/C14H16N4O2S2/c1-9-7-12(21-8-15)5-6-13(9)17-22(19,20)14-10(2)16-18(4)11(14)3/h5-7,17H,1-4H3. The van der Waals surface area contributed by atoms with Crippen LogP contribution in [0, 0.1) is 31.4 Å². The van der Waals surface area contributed by atoms with Crippen LogP contribution in [0.3, 0.4) is 0 Å². The van der Waals surface area contributed by atoms with Crippen LogP contribution in [0.15, 0.2) is 28.0 Å². The molecule has 2 aromatic rings. The van der Waals surface area contributed by atoms with Gasteiger partial charge in [-0.05, 0) is 56.3 Å². The van der Waals surface area contributed by atoms with Crippen molar-refractivity contribution in [3.8, 4) is 5.40 Å². The van der Waals surface area contributed by atoms with Crippen molar-refractivity contribution in [1.29, 1.82) is 5.26 Å². The Hall–Kier alpha value is -1.98. The molecule has 0 saturated carbocycles. The summed E-state index contributed by atoms with van der Waals surface area (Å²) in [5.74, 6) is 0. The predicted molar refractivity (Wildman–Crippen MR) is 86.1 cm³/mol. The Bertz CT molecular complexity index is 864. The minimum atomic E-state index is -3.71. The van der Waals surface area contributed by atoms with Crippen molar-refractivity contribution in [2.24, 2.45) is 7.05 Å². The molecule has 116 valence electrons. The van der Waals surface area contributed by atoms with Gasteiger partial charge in [0.2, 0.25) is 0 Å². The van der Waals surface area contributed by atoms with E-state index in [1.165, 1.54) is 0 Å². The fourth-order valence-corrected chi connectivity index (χ4v) is 4.25. The molecule has 1 aromatic heterocycles. The SMILES string of the molecule is Cc1cc(SC#N)ccc1NS(=O)(=O)c1c(C)nn(C)c1C. The number of nitrogens with zero attached hydrogens (tertiary/aromatic N) is 3. The highest BCUT2D eigenvalue weighted by Crippen LogP contribution is 2.27. The smallest absolute Gasteiger partial charge is 0.265 e. The van der Waals surface area contributed by atoms with E-state index >= 15 is 0 Å². The van der Waals surface area contributed by atoms with Gasteiger partial charge in [-0.15, -0.1) is 0 Å². The minimum absolute atomic E-state index is 0.199. The van der Waals surface area contributed by atoms with Gasteiger partial charge in [0, 0.05) is 11.9 Å². The predicted octanol–water partition coefficient (Wildman–Crippen LogP) is 2.72. The molecule has 22 heavy (non-hydrogen) atoms. The Morgan fingerprint density at radius 1 is 1.32 bits per heavy atom. The maximum absolute atomic E-state index is 12.6. The molecular weight excluding hydrogens is 320 g/mol. The van der Waals surface area contributed by atoms with Crippen LogP contribution in [0.4, 0.5) is 5.69 Å². The second kappa shape index (κ2) is 6.02. The van der Waals surface area contributed by atoms with Crippen molar-refractivity contribution >= 4 is 27.5 Å². The number of benzene rings is 1. The van der Waals surface area contributed by atoms with Crippen LogP contribution in [0.5, 0.6) is 0 Å². The average Bonchev–Trinajstić information content (AvgIpc) is 2.67. The van der Waals surface area contributed by atoms with Gasteiger partial charge in [0.1, 0.15) is 10.3 Å². The molecule has 0 aliphatic heterocycles. The Kier molecular flexibility index (Phi) is 4.49. The van der Waals surface area contributed by atoms with Gasteiger partial charge in [-0.1, -0.05) is 0 Å². The van der Waals surface area contributed by atoms with Crippen LogP contribution in [0.2, 0.25) is 0 Å². The van der Waals surface area contributed by atoms with E-state index in [9.17, 15) is 8.42 Å². The summed E-state index contributed by atoms with van der Waals surface area (Å²) in [5.41, 5.74) is 2.29. The Labute approximate surface area is 134 Å². The summed E-state index contributed by atoms with van der Waals surface area (Å²) < 4.78 is 29.3. The van der Waals surface area contributed by atoms with E-state index < -0.39 is 10.0 Å². The van der Waals surface area contributed by atoms with Gasteiger partial charge in [-0.25, -0.2) is 8.42 Å². The van der Waals surface area contributed by atoms with Crippen LogP contribution in [-0.2, 0) is 17.1 Å². The molecule has 1 heterocycles. The Balaban J connectivity index is 2.39. The highest BCUT2D eigenvalue weighted by atomic mass is 32.2. The molecule has 2 rings (SSSR count). The maximum Gasteiger partial charge on any atom is 0.265 e. The lowest BCUT2D eigenvalue weighted by Crippen LogP contribution is -2.15. The molecule has 0 radical (unpaired) electrons. The van der Waals surface area contributed by atoms with Crippen LogP contribution in [-0.4, -0.2) is 18.2 Å². The van der Waals surface area contributed by atoms with Crippen molar-refractivity contribution < 1.29 is 8.42 Å². The highest BCUT2D eigenvalue weighted by Gasteiger charge is 2.24. The number of anilines is 1. The summed E-state index contributed by atoms with van der Waals surface area (Å²) in [6, 6.07) is 5.14. The second-order valence-electron chi connectivity index (χ2n) is 4.90. The fourth-order valence-electron chi connectivity index (χ4n) is 2.21. The van der Waals surface area contributed by atoms with Crippen LogP contribution < -0.4 is 4.72 Å². The molecule has 0 aliphatic rings. The molecule has 1 N–H and O–H groups in total. The molecule has 0 spiro atoms. The first-order valence-corrected chi connectivity index (χ1v) is 8.76. The third kappa shape index (κ3) is 3.10. The molecule has 0 saturated heterocycles. The third-order valence-corrected chi connectivity index (χ3v) is 5.51. The van der Waals surface area contributed by atoms with Crippen LogP contribution in [0.1, 0.15) is 17.0 Å². The van der Waals surface area contributed by atoms with Crippen LogP contribution in [0.25, 0.3) is 0 Å². The summed E-state index contributed by atoms with van der Waals surface area (Å²) in [4.78, 5) is 0.974. The number of thiocyanates is 1. The molecular formula is C14H16N4O2S2. The molecule has 0 aliphatic carbocycles. The van der Waals surface area contributed by atoms with Gasteiger partial charge in [0.05, 0.1) is 17.1 Å². The first kappa shape index (κ1) is 16.4. The van der Waals surface area contributed by atoms with Crippen molar-refractivity contribution in [3.05, 3.63) is 35.2 Å². The van der Waals surface area contributed by atoms with Gasteiger partial charge in [0.25, 0.3) is 10.0 Å². The van der Waals surface area contributed by atoms with E-state index in [0.29, 0.717) is 17.1 Å². The number of nitrogens with one attached hydrogen (secondary N) is 1. The number of hydrogen-bond acceptors (Lipinski definition) is 5. The lowest BCUT2D eigenvalue weighted by molar-refractivity contribution is 0.599. The third-order valence-electron chi connectivity index (χ3n) is 3.32. The van der Waals surface area contributed by atoms with Gasteiger partial charge in [-0.3, -0.25) is 9.40 Å². The van der Waals surface area contributed by atoms with Gasteiger partial charge in [0.15, 0.2) is 0 Å². The number of nitriles is 1. The van der Waals surface area contributed by atoms with E-state index in [4.69, 9.17) is 5.26 Å². The fraction of sp³-hybridized carbons (Fsp3) is 0.286.